The third-order valence-corrected chi connectivity index (χ3v) is 2.45. The third kappa shape index (κ3) is 1.99. The fraction of sp³-hybridized carbons (Fsp3) is 0.444. The lowest BCUT2D eigenvalue weighted by atomic mass is 10.1. The van der Waals surface area contributed by atoms with Crippen molar-refractivity contribution in [1.29, 1.82) is 0 Å². The monoisotopic (exact) mass is 182 g/mol. The summed E-state index contributed by atoms with van der Waals surface area (Å²) in [4.78, 5) is 4.40. The topological polar surface area (TPSA) is 38.9 Å². The summed E-state index contributed by atoms with van der Waals surface area (Å²) in [5.74, 6) is 0. The number of thioether (sulfide) groups is 1. The molecule has 0 aliphatic rings. The van der Waals surface area contributed by atoms with E-state index in [2.05, 4.69) is 11.1 Å². The van der Waals surface area contributed by atoms with E-state index in [1.807, 2.05) is 26.2 Å². The van der Waals surface area contributed by atoms with Gasteiger partial charge in [-0.25, -0.2) is 4.98 Å². The Morgan fingerprint density at radius 3 is 2.58 bits per heavy atom. The summed E-state index contributed by atoms with van der Waals surface area (Å²) >= 11 is 1.65. The van der Waals surface area contributed by atoms with Crippen LogP contribution in [0.15, 0.2) is 17.2 Å². The molecule has 0 saturated heterocycles. The van der Waals surface area contributed by atoms with Gasteiger partial charge in [0, 0.05) is 11.7 Å². The van der Waals surface area contributed by atoms with Crippen LogP contribution >= 0.6 is 11.8 Å². The van der Waals surface area contributed by atoms with Crippen molar-refractivity contribution >= 4 is 11.8 Å². The molecule has 1 rings (SSSR count). The molecular formula is C9H14N2S. The van der Waals surface area contributed by atoms with Gasteiger partial charge < -0.3 is 5.73 Å². The summed E-state index contributed by atoms with van der Waals surface area (Å²) in [7, 11) is 0. The molecule has 0 fully saturated rings. The lowest BCUT2D eigenvalue weighted by Crippen LogP contribution is -2.07. The summed E-state index contributed by atoms with van der Waals surface area (Å²) in [5, 5.41) is 1.05. The zero-order chi connectivity index (χ0) is 9.14. The van der Waals surface area contributed by atoms with Crippen molar-refractivity contribution in [3.8, 4) is 0 Å². The van der Waals surface area contributed by atoms with E-state index in [1.54, 1.807) is 11.8 Å². The van der Waals surface area contributed by atoms with Gasteiger partial charge in [-0.3, -0.25) is 0 Å². The Bertz CT molecular complexity index is 271. The van der Waals surface area contributed by atoms with E-state index in [9.17, 15) is 0 Å². The van der Waals surface area contributed by atoms with Crippen molar-refractivity contribution in [3.63, 3.8) is 0 Å². The van der Waals surface area contributed by atoms with Gasteiger partial charge in [-0.1, -0.05) is 6.07 Å². The highest BCUT2D eigenvalue weighted by molar-refractivity contribution is 7.98. The Morgan fingerprint density at radius 2 is 2.17 bits per heavy atom. The predicted molar refractivity (Wildman–Crippen MR) is 53.4 cm³/mol. The Hall–Kier alpha value is -0.540. The molecule has 0 aromatic carbocycles. The lowest BCUT2D eigenvalue weighted by molar-refractivity contribution is 0.792. The van der Waals surface area contributed by atoms with Crippen LogP contribution in [0.5, 0.6) is 0 Å². The van der Waals surface area contributed by atoms with E-state index in [0.717, 1.165) is 16.3 Å². The second-order valence-corrected chi connectivity index (χ2v) is 3.64. The number of pyridine rings is 1. The predicted octanol–water partition coefficient (Wildman–Crippen LogP) is 2.13. The van der Waals surface area contributed by atoms with Crippen LogP contribution in [0.2, 0.25) is 0 Å². The minimum absolute atomic E-state index is 0.0772. The van der Waals surface area contributed by atoms with Crippen LogP contribution in [0.4, 0.5) is 0 Å². The first-order chi connectivity index (χ1) is 5.65. The minimum atomic E-state index is 0.0772. The minimum Gasteiger partial charge on any atom is -0.324 e. The van der Waals surface area contributed by atoms with Crippen LogP contribution in [-0.2, 0) is 0 Å². The van der Waals surface area contributed by atoms with Crippen LogP contribution in [0.1, 0.15) is 24.2 Å². The second kappa shape index (κ2) is 3.92. The summed E-state index contributed by atoms with van der Waals surface area (Å²) in [6.07, 6.45) is 2.02. The molecule has 0 radical (unpaired) electrons. The molecule has 1 aromatic rings. The van der Waals surface area contributed by atoms with Crippen LogP contribution in [0.3, 0.4) is 0 Å². The first kappa shape index (κ1) is 9.55. The fourth-order valence-corrected chi connectivity index (χ4v) is 1.58. The molecule has 1 atom stereocenters. The first-order valence-electron chi connectivity index (χ1n) is 3.92. The zero-order valence-corrected chi connectivity index (χ0v) is 8.48. The van der Waals surface area contributed by atoms with E-state index in [1.165, 1.54) is 0 Å². The maximum Gasteiger partial charge on any atom is 0.0960 e. The van der Waals surface area contributed by atoms with Gasteiger partial charge in [0.05, 0.1) is 5.03 Å². The molecule has 0 aliphatic heterocycles. The van der Waals surface area contributed by atoms with Gasteiger partial charge in [0.1, 0.15) is 0 Å². The molecule has 66 valence electrons. The third-order valence-electron chi connectivity index (χ3n) is 1.80. The summed E-state index contributed by atoms with van der Waals surface area (Å²) < 4.78 is 0. The molecule has 12 heavy (non-hydrogen) atoms. The number of hydrogen-bond acceptors (Lipinski definition) is 3. The Kier molecular flexibility index (Phi) is 3.12. The van der Waals surface area contributed by atoms with Crippen LogP contribution in [-0.4, -0.2) is 11.2 Å². The second-order valence-electron chi connectivity index (χ2n) is 2.82. The summed E-state index contributed by atoms with van der Waals surface area (Å²) in [6.45, 7) is 3.97. The van der Waals surface area contributed by atoms with E-state index in [4.69, 9.17) is 5.73 Å². The van der Waals surface area contributed by atoms with Crippen LogP contribution < -0.4 is 5.73 Å². The van der Waals surface area contributed by atoms with Crippen molar-refractivity contribution in [1.82, 2.24) is 4.98 Å². The standard InChI is InChI=1S/C9H14N2S/c1-6(10)8-4-5-9(12-3)11-7(8)2/h4-6H,10H2,1-3H3/t6-/m1/s1. The van der Waals surface area contributed by atoms with Crippen molar-refractivity contribution in [3.05, 3.63) is 23.4 Å². The van der Waals surface area contributed by atoms with Gasteiger partial charge in [-0.15, -0.1) is 11.8 Å². The van der Waals surface area contributed by atoms with Crippen molar-refractivity contribution in [2.75, 3.05) is 6.26 Å². The number of aryl methyl sites for hydroxylation is 1. The first-order valence-corrected chi connectivity index (χ1v) is 5.14. The van der Waals surface area contributed by atoms with Crippen LogP contribution in [0, 0.1) is 6.92 Å². The molecule has 1 heterocycles. The van der Waals surface area contributed by atoms with Crippen LogP contribution in [0.25, 0.3) is 0 Å². The zero-order valence-electron chi connectivity index (χ0n) is 7.66. The quantitative estimate of drug-likeness (QED) is 0.712. The highest BCUT2D eigenvalue weighted by Gasteiger charge is 2.04. The molecule has 0 saturated carbocycles. The molecule has 2 N–H and O–H groups in total. The van der Waals surface area contributed by atoms with E-state index < -0.39 is 0 Å². The number of nitrogens with zero attached hydrogens (tertiary/aromatic N) is 1. The molecule has 0 unspecified atom stereocenters. The smallest absolute Gasteiger partial charge is 0.0960 e. The summed E-state index contributed by atoms with van der Waals surface area (Å²) in [6, 6.07) is 4.14. The maximum absolute atomic E-state index is 5.76. The Labute approximate surface area is 77.6 Å². The number of hydrogen-bond donors (Lipinski definition) is 1. The largest absolute Gasteiger partial charge is 0.324 e. The van der Waals surface area contributed by atoms with Crippen molar-refractivity contribution < 1.29 is 0 Å². The maximum atomic E-state index is 5.76. The Balaban J connectivity index is 3.03. The van der Waals surface area contributed by atoms with Gasteiger partial charge in [0.2, 0.25) is 0 Å². The van der Waals surface area contributed by atoms with Gasteiger partial charge in [-0.2, -0.15) is 0 Å². The molecule has 2 nitrogen and oxygen atoms in total. The van der Waals surface area contributed by atoms with E-state index in [0.29, 0.717) is 0 Å². The molecule has 1 aromatic heterocycles. The van der Waals surface area contributed by atoms with Gasteiger partial charge in [0.15, 0.2) is 0 Å². The molecule has 0 bridgehead atoms. The van der Waals surface area contributed by atoms with Crippen molar-refractivity contribution in [2.24, 2.45) is 5.73 Å². The normalized spacial score (nSPS) is 13.0. The Morgan fingerprint density at radius 1 is 1.50 bits per heavy atom. The fourth-order valence-electron chi connectivity index (χ4n) is 1.14. The highest BCUT2D eigenvalue weighted by Crippen LogP contribution is 2.18. The highest BCUT2D eigenvalue weighted by atomic mass is 32.2. The molecule has 0 aliphatic carbocycles. The molecule has 0 amide bonds. The number of aromatic nitrogens is 1. The average Bonchev–Trinajstić information content (AvgIpc) is 2.03. The van der Waals surface area contributed by atoms with Gasteiger partial charge in [0.25, 0.3) is 0 Å². The SMILES string of the molecule is CSc1ccc([C@@H](C)N)c(C)n1. The molecule has 0 spiro atoms. The molecule has 3 heteroatoms. The number of nitrogens with two attached hydrogens (primary N) is 1. The van der Waals surface area contributed by atoms with Crippen molar-refractivity contribution in [2.45, 2.75) is 24.9 Å². The molecular weight excluding hydrogens is 168 g/mol. The van der Waals surface area contributed by atoms with E-state index in [-0.39, 0.29) is 6.04 Å². The van der Waals surface area contributed by atoms with Gasteiger partial charge in [-0.05, 0) is 31.7 Å². The van der Waals surface area contributed by atoms with E-state index >= 15 is 0 Å². The number of rotatable bonds is 2. The summed E-state index contributed by atoms with van der Waals surface area (Å²) in [5.41, 5.74) is 7.93. The average molecular weight is 182 g/mol. The van der Waals surface area contributed by atoms with Gasteiger partial charge >= 0.3 is 0 Å². The lowest BCUT2D eigenvalue weighted by Gasteiger charge is -2.09.